The number of hydrogen-bond acceptors (Lipinski definition) is 4. The van der Waals surface area contributed by atoms with Crippen molar-refractivity contribution < 1.29 is 19.8 Å². The van der Waals surface area contributed by atoms with Gasteiger partial charge in [0.05, 0.1) is 0 Å². The highest BCUT2D eigenvalue weighted by Gasteiger charge is 2.69. The molecule has 0 spiro atoms. The molecule has 2 N–H and O–H groups in total. The van der Waals surface area contributed by atoms with Gasteiger partial charge in [0.15, 0.2) is 11.6 Å². The summed E-state index contributed by atoms with van der Waals surface area (Å²) >= 11 is 0. The normalized spacial score (nSPS) is 36.3. The van der Waals surface area contributed by atoms with E-state index >= 15 is 0 Å². The first kappa shape index (κ1) is 26.8. The molecule has 8 atom stereocenters. The Morgan fingerprint density at radius 3 is 1.91 bits per heavy atom. The molecular weight excluding hydrogens is 424 g/mol. The van der Waals surface area contributed by atoms with Crippen LogP contribution in [0.15, 0.2) is 46.6 Å². The van der Waals surface area contributed by atoms with E-state index in [9.17, 15) is 19.8 Å². The van der Waals surface area contributed by atoms with Crippen molar-refractivity contribution in [2.45, 2.75) is 92.3 Å². The van der Waals surface area contributed by atoms with E-state index in [1.807, 2.05) is 61.5 Å². The number of ketones is 2. The van der Waals surface area contributed by atoms with Gasteiger partial charge in [-0.1, -0.05) is 54.4 Å². The summed E-state index contributed by atoms with van der Waals surface area (Å²) in [6.45, 7) is 15.9. The van der Waals surface area contributed by atoms with Gasteiger partial charge in [0.1, 0.15) is 11.2 Å². The van der Waals surface area contributed by atoms with Crippen LogP contribution < -0.4 is 0 Å². The van der Waals surface area contributed by atoms with Crippen molar-refractivity contribution in [3.63, 3.8) is 0 Å². The Hall–Kier alpha value is -1.78. The molecule has 0 aromatic carbocycles. The summed E-state index contributed by atoms with van der Waals surface area (Å²) in [6.07, 6.45) is 10.8. The Bertz CT molecular complexity index is 958. The van der Waals surface area contributed by atoms with Crippen molar-refractivity contribution in [1.29, 1.82) is 0 Å². The Balaban J connectivity index is 2.07. The van der Waals surface area contributed by atoms with Crippen LogP contribution in [0.5, 0.6) is 0 Å². The van der Waals surface area contributed by atoms with Gasteiger partial charge in [-0.25, -0.2) is 0 Å². The number of allylic oxidation sites excluding steroid dienone is 6. The number of carbonyl (C=O) groups is 2. The average Bonchev–Trinajstić information content (AvgIpc) is 2.74. The van der Waals surface area contributed by atoms with Crippen molar-refractivity contribution in [1.82, 2.24) is 0 Å². The molecule has 0 amide bonds. The molecule has 1 saturated carbocycles. The van der Waals surface area contributed by atoms with E-state index in [0.29, 0.717) is 12.8 Å². The van der Waals surface area contributed by atoms with Crippen molar-refractivity contribution in [3.8, 4) is 0 Å². The van der Waals surface area contributed by atoms with E-state index in [0.717, 1.165) is 24.0 Å². The lowest BCUT2D eigenvalue weighted by Crippen LogP contribution is -2.71. The zero-order valence-electron chi connectivity index (χ0n) is 22.3. The summed E-state index contributed by atoms with van der Waals surface area (Å²) in [4.78, 5) is 27.3. The Labute approximate surface area is 205 Å². The topological polar surface area (TPSA) is 74.6 Å². The van der Waals surface area contributed by atoms with Gasteiger partial charge in [-0.2, -0.15) is 0 Å². The fraction of sp³-hybridized carbons (Fsp3) is 0.667. The number of rotatable bonds is 8. The highest BCUT2D eigenvalue weighted by molar-refractivity contribution is 6.02. The van der Waals surface area contributed by atoms with Crippen molar-refractivity contribution >= 4 is 11.6 Å². The fourth-order valence-corrected chi connectivity index (χ4v) is 6.89. The molecule has 4 heteroatoms. The fourth-order valence-electron chi connectivity index (χ4n) is 6.89. The van der Waals surface area contributed by atoms with Gasteiger partial charge >= 0.3 is 0 Å². The number of Topliss-reactive ketones (excluding diaryl/α,β-unsaturated/α-hetero) is 1. The molecule has 0 heterocycles. The molecular formula is C30H44O4. The third kappa shape index (κ3) is 4.22. The molecule has 0 aromatic rings. The first-order valence-electron chi connectivity index (χ1n) is 12.9. The first-order chi connectivity index (χ1) is 15.8. The highest BCUT2D eigenvalue weighted by Crippen LogP contribution is 2.61. The lowest BCUT2D eigenvalue weighted by molar-refractivity contribution is -0.198. The Morgan fingerprint density at radius 1 is 0.912 bits per heavy atom. The lowest BCUT2D eigenvalue weighted by atomic mass is 9.43. The maximum atomic E-state index is 13.9. The Morgan fingerprint density at radius 2 is 1.41 bits per heavy atom. The predicted molar refractivity (Wildman–Crippen MR) is 137 cm³/mol. The number of fused-ring (bicyclic) bond motifs is 1. The quantitative estimate of drug-likeness (QED) is 0.445. The second-order valence-corrected chi connectivity index (χ2v) is 11.8. The highest BCUT2D eigenvalue weighted by atomic mass is 16.3. The summed E-state index contributed by atoms with van der Waals surface area (Å²) in [7, 11) is 0. The number of hydrogen-bond donors (Lipinski definition) is 2. The first-order valence-corrected chi connectivity index (χ1v) is 12.9. The summed E-state index contributed by atoms with van der Waals surface area (Å²) in [5, 5.41) is 24.3. The molecule has 0 aromatic heterocycles. The molecule has 4 aliphatic carbocycles. The van der Waals surface area contributed by atoms with Crippen LogP contribution >= 0.6 is 0 Å². The van der Waals surface area contributed by atoms with Crippen LogP contribution in [-0.2, 0) is 9.59 Å². The second-order valence-electron chi connectivity index (χ2n) is 11.8. The number of carbonyl (C=O) groups excluding carboxylic acids is 2. The minimum atomic E-state index is -1.60. The van der Waals surface area contributed by atoms with E-state index in [1.165, 1.54) is 11.1 Å². The van der Waals surface area contributed by atoms with Gasteiger partial charge in [0.25, 0.3) is 0 Å². The lowest BCUT2D eigenvalue weighted by Gasteiger charge is -2.61. The summed E-state index contributed by atoms with van der Waals surface area (Å²) < 4.78 is 0. The third-order valence-electron chi connectivity index (χ3n) is 8.85. The zero-order valence-corrected chi connectivity index (χ0v) is 22.3. The smallest absolute Gasteiger partial charge is 0.187 e. The van der Waals surface area contributed by atoms with E-state index in [1.54, 1.807) is 6.08 Å². The standard InChI is InChI=1S/C30H44O4/c1-17(2)11-9-13-21(7)29(33)23-15-19(5)26(28(29)32)25-20(6)16-24(31)30(34,27(23)25)22(8)14-10-12-18(3)4/h11-12,15-16,21-23,25-27,33-34H,9-10,13-14H2,1-8H3/t21-,22-,23+,25+,26-,27-,29-,30+/m1/s1. The van der Waals surface area contributed by atoms with Crippen LogP contribution in [-0.4, -0.2) is 33.0 Å². The molecule has 188 valence electrons. The van der Waals surface area contributed by atoms with Gasteiger partial charge in [-0.05, 0) is 85.1 Å². The van der Waals surface area contributed by atoms with Crippen LogP contribution in [0.2, 0.25) is 0 Å². The minimum Gasteiger partial charge on any atom is -0.381 e. The van der Waals surface area contributed by atoms with E-state index < -0.39 is 29.0 Å². The molecule has 0 saturated heterocycles. The average molecular weight is 469 g/mol. The van der Waals surface area contributed by atoms with Crippen molar-refractivity contribution in [3.05, 3.63) is 46.6 Å². The maximum Gasteiger partial charge on any atom is 0.187 e. The van der Waals surface area contributed by atoms with E-state index in [2.05, 4.69) is 12.2 Å². The molecule has 4 nitrogen and oxygen atoms in total. The SMILES string of the molecule is CC(C)=CCC[C@@H](C)[C@]1(O)C(=O)[C@@H]2C(C)=C[C@H]1[C@@H]1[C@H]2C(C)=CC(=O)[C@@]1(O)[C@H](C)CCC=C(C)C. The largest absolute Gasteiger partial charge is 0.381 e. The summed E-state index contributed by atoms with van der Waals surface area (Å²) in [5.41, 5.74) is 1.05. The predicted octanol–water partition coefficient (Wildman–Crippen LogP) is 5.75. The molecule has 0 unspecified atom stereocenters. The van der Waals surface area contributed by atoms with Gasteiger partial charge in [0, 0.05) is 23.7 Å². The second kappa shape index (κ2) is 9.70. The minimum absolute atomic E-state index is 0.134. The monoisotopic (exact) mass is 468 g/mol. The van der Waals surface area contributed by atoms with Crippen molar-refractivity contribution in [2.75, 3.05) is 0 Å². The van der Waals surface area contributed by atoms with Gasteiger partial charge in [-0.3, -0.25) is 9.59 Å². The molecule has 4 rings (SSSR count). The number of aliphatic hydroxyl groups is 2. The Kier molecular flexibility index (Phi) is 7.65. The molecule has 34 heavy (non-hydrogen) atoms. The van der Waals surface area contributed by atoms with Gasteiger partial charge in [-0.15, -0.1) is 0 Å². The van der Waals surface area contributed by atoms with E-state index in [-0.39, 0.29) is 29.3 Å². The van der Waals surface area contributed by atoms with Crippen LogP contribution in [0.3, 0.4) is 0 Å². The summed E-state index contributed by atoms with van der Waals surface area (Å²) in [5.74, 6) is -2.81. The molecule has 0 radical (unpaired) electrons. The molecule has 1 fully saturated rings. The van der Waals surface area contributed by atoms with Gasteiger partial charge < -0.3 is 10.2 Å². The maximum absolute atomic E-state index is 13.9. The summed E-state index contributed by atoms with van der Waals surface area (Å²) in [6, 6.07) is 0. The van der Waals surface area contributed by atoms with E-state index in [4.69, 9.17) is 0 Å². The van der Waals surface area contributed by atoms with Crippen LogP contribution in [0.1, 0.15) is 81.1 Å². The van der Waals surface area contributed by atoms with Crippen LogP contribution in [0.4, 0.5) is 0 Å². The third-order valence-corrected chi connectivity index (χ3v) is 8.85. The molecule has 0 aliphatic heterocycles. The van der Waals surface area contributed by atoms with Gasteiger partial charge in [0.2, 0.25) is 0 Å². The zero-order chi connectivity index (χ0) is 25.6. The molecule has 4 aliphatic rings. The molecule has 2 bridgehead atoms. The van der Waals surface area contributed by atoms with Crippen LogP contribution in [0.25, 0.3) is 0 Å². The van der Waals surface area contributed by atoms with Crippen molar-refractivity contribution in [2.24, 2.45) is 35.5 Å². The van der Waals surface area contributed by atoms with Crippen LogP contribution in [0, 0.1) is 35.5 Å².